The Balaban J connectivity index is 1.17. The predicted octanol–water partition coefficient (Wildman–Crippen LogP) is 11.8. The molecule has 0 saturated carbocycles. The highest BCUT2D eigenvalue weighted by Gasteiger charge is 2.18. The Labute approximate surface area is 283 Å². The van der Waals surface area contributed by atoms with Gasteiger partial charge < -0.3 is 0 Å². The van der Waals surface area contributed by atoms with Crippen molar-refractivity contribution in [3.8, 4) is 44.7 Å². The summed E-state index contributed by atoms with van der Waals surface area (Å²) in [5.74, 6) is 1.98. The van der Waals surface area contributed by atoms with Crippen LogP contribution >= 0.6 is 22.7 Å². The number of hydrogen-bond acceptors (Lipinski definition) is 6. The molecule has 0 N–H and O–H groups in total. The lowest BCUT2D eigenvalue weighted by Gasteiger charge is -2.10. The number of hydrogen-bond donors (Lipinski definition) is 0. The number of thiophene rings is 1. The van der Waals surface area contributed by atoms with Gasteiger partial charge >= 0.3 is 0 Å². The zero-order valence-corrected chi connectivity index (χ0v) is 27.1. The third kappa shape index (κ3) is 4.49. The molecule has 224 valence electrons. The summed E-state index contributed by atoms with van der Waals surface area (Å²) in [4.78, 5) is 20.3. The van der Waals surface area contributed by atoms with Crippen LogP contribution in [-0.4, -0.2) is 19.9 Å². The minimum Gasteiger partial charge on any atom is -0.236 e. The van der Waals surface area contributed by atoms with Gasteiger partial charge in [0.15, 0.2) is 17.5 Å². The normalized spacial score (nSPS) is 11.8. The van der Waals surface area contributed by atoms with Crippen molar-refractivity contribution in [1.82, 2.24) is 19.9 Å². The monoisotopic (exact) mass is 648 g/mol. The van der Waals surface area contributed by atoms with Crippen molar-refractivity contribution in [2.24, 2.45) is 0 Å². The van der Waals surface area contributed by atoms with Crippen molar-refractivity contribution in [2.45, 2.75) is 0 Å². The molecule has 10 rings (SSSR count). The highest BCUT2D eigenvalue weighted by Crippen LogP contribution is 2.43. The first-order valence-corrected chi connectivity index (χ1v) is 17.4. The average Bonchev–Trinajstić information content (AvgIpc) is 3.75. The van der Waals surface area contributed by atoms with Crippen molar-refractivity contribution >= 4 is 74.6 Å². The molecule has 0 atom stereocenters. The maximum Gasteiger partial charge on any atom is 0.165 e. The fourth-order valence-electron chi connectivity index (χ4n) is 6.58. The number of thiazole rings is 1. The summed E-state index contributed by atoms with van der Waals surface area (Å²) in [6, 6.07) is 50.9. The fraction of sp³-hybridized carbons (Fsp3) is 0. The number of fused-ring (bicyclic) bond motifs is 7. The van der Waals surface area contributed by atoms with Crippen molar-refractivity contribution in [2.75, 3.05) is 0 Å². The van der Waals surface area contributed by atoms with Gasteiger partial charge in [-0.1, -0.05) is 121 Å². The SMILES string of the molecule is c1ccc(-c2nc(-c3ccc4ccc5ccccc5c4c3)nc(-c3cccc4c3sc3cc5nc(-c6ccccc6)sc5cc34)n2)cc1. The lowest BCUT2D eigenvalue weighted by molar-refractivity contribution is 1.08. The Morgan fingerprint density at radius 3 is 1.88 bits per heavy atom. The molecule has 3 heterocycles. The van der Waals surface area contributed by atoms with Crippen LogP contribution in [0.5, 0.6) is 0 Å². The topological polar surface area (TPSA) is 51.6 Å². The molecule has 0 aliphatic carbocycles. The van der Waals surface area contributed by atoms with Gasteiger partial charge in [-0.2, -0.15) is 0 Å². The molecular formula is C42H24N4S2. The molecule has 48 heavy (non-hydrogen) atoms. The van der Waals surface area contributed by atoms with Gasteiger partial charge in [0.25, 0.3) is 0 Å². The summed E-state index contributed by atoms with van der Waals surface area (Å²) in [5.41, 5.74) is 5.09. The molecule has 3 aromatic heterocycles. The molecule has 0 bridgehead atoms. The maximum atomic E-state index is 5.17. The second-order valence-electron chi connectivity index (χ2n) is 11.9. The third-order valence-electron chi connectivity index (χ3n) is 8.94. The molecular weight excluding hydrogens is 625 g/mol. The van der Waals surface area contributed by atoms with Crippen LogP contribution in [0.15, 0.2) is 146 Å². The standard InChI is InChI=1S/C42H24N4S2/c1-3-11-27(12-4-1)39-44-40(29-21-20-26-19-18-25-10-7-8-15-30(25)33(26)22-29)46-41(45-39)32-17-9-16-31-34-23-37-35(24-36(34)47-38(31)32)43-42(48-37)28-13-5-2-6-14-28/h1-24H. The number of aromatic nitrogens is 4. The second kappa shape index (κ2) is 10.9. The molecule has 0 saturated heterocycles. The Morgan fingerprint density at radius 2 is 1.04 bits per heavy atom. The Bertz CT molecular complexity index is 2840. The quantitative estimate of drug-likeness (QED) is 0.178. The molecule has 4 nitrogen and oxygen atoms in total. The van der Waals surface area contributed by atoms with E-state index in [0.717, 1.165) is 37.5 Å². The Hall–Kier alpha value is -5.82. The zero-order valence-electron chi connectivity index (χ0n) is 25.5. The molecule has 0 spiro atoms. The van der Waals surface area contributed by atoms with Gasteiger partial charge in [0.2, 0.25) is 0 Å². The molecule has 0 unspecified atom stereocenters. The third-order valence-corrected chi connectivity index (χ3v) is 11.2. The van der Waals surface area contributed by atoms with E-state index in [1.807, 2.05) is 24.3 Å². The van der Waals surface area contributed by atoms with Gasteiger partial charge in [-0.05, 0) is 45.8 Å². The Morgan fingerprint density at radius 1 is 0.375 bits per heavy atom. The zero-order chi connectivity index (χ0) is 31.6. The van der Waals surface area contributed by atoms with Gasteiger partial charge in [-0.15, -0.1) is 22.7 Å². The van der Waals surface area contributed by atoms with Crippen molar-refractivity contribution in [1.29, 1.82) is 0 Å². The lowest BCUT2D eigenvalue weighted by Crippen LogP contribution is -2.00. The first-order chi connectivity index (χ1) is 23.7. The van der Waals surface area contributed by atoms with Crippen LogP contribution in [0, 0.1) is 0 Å². The van der Waals surface area contributed by atoms with Gasteiger partial charge in [0.1, 0.15) is 5.01 Å². The van der Waals surface area contributed by atoms with E-state index in [1.54, 1.807) is 22.7 Å². The maximum absolute atomic E-state index is 5.17. The molecule has 0 aliphatic heterocycles. The van der Waals surface area contributed by atoms with Gasteiger partial charge in [0, 0.05) is 42.4 Å². The van der Waals surface area contributed by atoms with Crippen molar-refractivity contribution in [3.05, 3.63) is 146 Å². The Kier molecular flexibility index (Phi) is 6.19. The van der Waals surface area contributed by atoms with Crippen molar-refractivity contribution in [3.63, 3.8) is 0 Å². The van der Waals surface area contributed by atoms with Crippen LogP contribution in [0.25, 0.3) is 96.7 Å². The van der Waals surface area contributed by atoms with E-state index in [9.17, 15) is 0 Å². The summed E-state index contributed by atoms with van der Waals surface area (Å²) < 4.78 is 3.55. The second-order valence-corrected chi connectivity index (χ2v) is 14.0. The van der Waals surface area contributed by atoms with Crippen LogP contribution in [0.4, 0.5) is 0 Å². The van der Waals surface area contributed by atoms with E-state index in [1.165, 1.54) is 41.7 Å². The van der Waals surface area contributed by atoms with Gasteiger partial charge in [-0.3, -0.25) is 0 Å². The van der Waals surface area contributed by atoms with E-state index >= 15 is 0 Å². The summed E-state index contributed by atoms with van der Waals surface area (Å²) in [6.07, 6.45) is 0. The molecule has 7 aromatic carbocycles. The molecule has 6 heteroatoms. The number of nitrogens with zero attached hydrogens (tertiary/aromatic N) is 4. The molecule has 0 aliphatic rings. The summed E-state index contributed by atoms with van der Waals surface area (Å²) in [5, 5.41) is 8.28. The fourth-order valence-corrected chi connectivity index (χ4v) is 8.80. The minimum atomic E-state index is 0.657. The van der Waals surface area contributed by atoms with Gasteiger partial charge in [-0.25, -0.2) is 19.9 Å². The highest BCUT2D eigenvalue weighted by molar-refractivity contribution is 7.26. The number of rotatable bonds is 4. The molecule has 10 aromatic rings. The largest absolute Gasteiger partial charge is 0.236 e. The van der Waals surface area contributed by atoms with E-state index in [0.29, 0.717) is 17.5 Å². The predicted molar refractivity (Wildman–Crippen MR) is 203 cm³/mol. The van der Waals surface area contributed by atoms with Gasteiger partial charge in [0.05, 0.1) is 10.2 Å². The summed E-state index contributed by atoms with van der Waals surface area (Å²) in [6.45, 7) is 0. The van der Waals surface area contributed by atoms with Crippen LogP contribution in [0.3, 0.4) is 0 Å². The molecule has 0 amide bonds. The van der Waals surface area contributed by atoms with Crippen LogP contribution in [0.2, 0.25) is 0 Å². The van der Waals surface area contributed by atoms with E-state index in [2.05, 4.69) is 121 Å². The molecule has 0 fully saturated rings. The molecule has 0 radical (unpaired) electrons. The summed E-state index contributed by atoms with van der Waals surface area (Å²) >= 11 is 3.51. The first kappa shape index (κ1) is 27.3. The minimum absolute atomic E-state index is 0.657. The number of benzene rings is 7. The van der Waals surface area contributed by atoms with E-state index < -0.39 is 0 Å². The van der Waals surface area contributed by atoms with E-state index in [-0.39, 0.29) is 0 Å². The van der Waals surface area contributed by atoms with Crippen LogP contribution in [-0.2, 0) is 0 Å². The average molecular weight is 649 g/mol. The van der Waals surface area contributed by atoms with Crippen LogP contribution in [0.1, 0.15) is 0 Å². The van der Waals surface area contributed by atoms with E-state index in [4.69, 9.17) is 19.9 Å². The lowest BCUT2D eigenvalue weighted by atomic mass is 10.00. The smallest absolute Gasteiger partial charge is 0.165 e. The highest BCUT2D eigenvalue weighted by atomic mass is 32.1. The summed E-state index contributed by atoms with van der Waals surface area (Å²) in [7, 11) is 0. The first-order valence-electron chi connectivity index (χ1n) is 15.8. The van der Waals surface area contributed by atoms with Crippen LogP contribution < -0.4 is 0 Å². The van der Waals surface area contributed by atoms with Crippen molar-refractivity contribution < 1.29 is 0 Å².